The Hall–Kier alpha value is -2.08. The van der Waals surface area contributed by atoms with Gasteiger partial charge in [-0.3, -0.25) is 9.69 Å². The van der Waals surface area contributed by atoms with Crippen LogP contribution in [0.5, 0.6) is 0 Å². The second-order valence-electron chi connectivity index (χ2n) is 5.23. The molecule has 0 fully saturated rings. The zero-order valence-corrected chi connectivity index (χ0v) is 13.7. The highest BCUT2D eigenvalue weighted by molar-refractivity contribution is 6.02. The molecule has 6 heteroatoms. The van der Waals surface area contributed by atoms with Gasteiger partial charge in [-0.2, -0.15) is 0 Å². The smallest absolute Gasteiger partial charge is 0.247 e. The SMILES string of the molecule is COCN1C(=O)C(N)CN(c2ccccc2)c2ccccc21.Cl. The summed E-state index contributed by atoms with van der Waals surface area (Å²) in [6, 6.07) is 17.1. The van der Waals surface area contributed by atoms with E-state index in [4.69, 9.17) is 10.5 Å². The van der Waals surface area contributed by atoms with E-state index in [1.165, 1.54) is 0 Å². The molecule has 1 heterocycles. The minimum absolute atomic E-state index is 0. The number of halogens is 1. The van der Waals surface area contributed by atoms with Crippen molar-refractivity contribution in [1.82, 2.24) is 0 Å². The Morgan fingerprint density at radius 2 is 1.70 bits per heavy atom. The summed E-state index contributed by atoms with van der Waals surface area (Å²) in [4.78, 5) is 16.2. The molecule has 2 aromatic rings. The van der Waals surface area contributed by atoms with Crippen LogP contribution in [-0.2, 0) is 9.53 Å². The van der Waals surface area contributed by atoms with Crippen molar-refractivity contribution in [2.75, 3.05) is 30.2 Å². The second-order valence-corrected chi connectivity index (χ2v) is 5.23. The van der Waals surface area contributed by atoms with Gasteiger partial charge in [0.05, 0.1) is 11.4 Å². The number of para-hydroxylation sites is 3. The Kier molecular flexibility index (Phi) is 5.60. The molecule has 23 heavy (non-hydrogen) atoms. The summed E-state index contributed by atoms with van der Waals surface area (Å²) in [6.45, 7) is 0.617. The molecular formula is C17H20ClN3O2. The number of anilines is 3. The number of amides is 1. The molecule has 0 bridgehead atoms. The highest BCUT2D eigenvalue weighted by Crippen LogP contribution is 2.36. The number of hydrogen-bond acceptors (Lipinski definition) is 4. The number of carbonyl (C=O) groups is 1. The number of fused-ring (bicyclic) bond motifs is 1. The van der Waals surface area contributed by atoms with E-state index in [9.17, 15) is 4.79 Å². The highest BCUT2D eigenvalue weighted by Gasteiger charge is 2.31. The maximum absolute atomic E-state index is 12.6. The van der Waals surface area contributed by atoms with Crippen LogP contribution in [0.15, 0.2) is 54.6 Å². The van der Waals surface area contributed by atoms with Crippen molar-refractivity contribution in [3.63, 3.8) is 0 Å². The molecule has 0 spiro atoms. The second kappa shape index (κ2) is 7.46. The van der Waals surface area contributed by atoms with Gasteiger partial charge in [0.2, 0.25) is 5.91 Å². The summed E-state index contributed by atoms with van der Waals surface area (Å²) >= 11 is 0. The molecule has 122 valence electrons. The molecule has 2 aromatic carbocycles. The molecule has 1 atom stereocenters. The predicted molar refractivity (Wildman–Crippen MR) is 94.5 cm³/mol. The summed E-state index contributed by atoms with van der Waals surface area (Å²) in [5.41, 5.74) is 8.89. The molecule has 5 nitrogen and oxygen atoms in total. The maximum atomic E-state index is 12.6. The van der Waals surface area contributed by atoms with Crippen LogP contribution in [0.25, 0.3) is 0 Å². The molecule has 3 rings (SSSR count). The number of nitrogens with zero attached hydrogens (tertiary/aromatic N) is 2. The predicted octanol–water partition coefficient (Wildman–Crippen LogP) is 2.52. The zero-order valence-electron chi connectivity index (χ0n) is 12.9. The van der Waals surface area contributed by atoms with Crippen LogP contribution in [-0.4, -0.2) is 32.3 Å². The molecule has 1 unspecified atom stereocenters. The number of nitrogens with two attached hydrogens (primary N) is 1. The Balaban J connectivity index is 0.00000192. The van der Waals surface area contributed by atoms with Crippen molar-refractivity contribution in [2.45, 2.75) is 6.04 Å². The normalized spacial score (nSPS) is 17.3. The molecule has 0 saturated carbocycles. The molecule has 1 aliphatic heterocycles. The Morgan fingerprint density at radius 1 is 1.09 bits per heavy atom. The van der Waals surface area contributed by atoms with Crippen molar-refractivity contribution in [1.29, 1.82) is 0 Å². The fourth-order valence-electron chi connectivity index (χ4n) is 2.73. The number of methoxy groups -OCH3 is 1. The summed E-state index contributed by atoms with van der Waals surface area (Å²) in [6.07, 6.45) is 0. The number of hydrogen-bond donors (Lipinski definition) is 1. The fraction of sp³-hybridized carbons (Fsp3) is 0.235. The van der Waals surface area contributed by atoms with E-state index in [0.29, 0.717) is 6.54 Å². The van der Waals surface area contributed by atoms with E-state index in [1.807, 2.05) is 54.6 Å². The standard InChI is InChI=1S/C17H19N3O2.ClH/c1-22-12-20-16-10-6-5-9-15(16)19(11-14(18)17(20)21)13-7-3-2-4-8-13;/h2-10,14H,11-12,18H2,1H3;1H. The summed E-state index contributed by atoms with van der Waals surface area (Å²) in [5.74, 6) is -0.132. The first-order valence-electron chi connectivity index (χ1n) is 7.20. The first-order valence-corrected chi connectivity index (χ1v) is 7.20. The third kappa shape index (κ3) is 3.32. The molecule has 1 amide bonds. The van der Waals surface area contributed by atoms with Crippen LogP contribution in [0.3, 0.4) is 0 Å². The van der Waals surface area contributed by atoms with Gasteiger partial charge in [-0.1, -0.05) is 30.3 Å². The van der Waals surface area contributed by atoms with Crippen LogP contribution in [0.4, 0.5) is 17.1 Å². The van der Waals surface area contributed by atoms with E-state index >= 15 is 0 Å². The van der Waals surface area contributed by atoms with Crippen molar-refractivity contribution >= 4 is 35.4 Å². The van der Waals surface area contributed by atoms with E-state index in [-0.39, 0.29) is 25.0 Å². The molecule has 0 saturated heterocycles. The largest absolute Gasteiger partial charge is 0.364 e. The molecule has 0 aliphatic carbocycles. The van der Waals surface area contributed by atoms with Crippen LogP contribution in [0.1, 0.15) is 0 Å². The van der Waals surface area contributed by atoms with Gasteiger partial charge in [0.25, 0.3) is 0 Å². The Bertz CT molecular complexity index is 666. The topological polar surface area (TPSA) is 58.8 Å². The molecule has 0 radical (unpaired) electrons. The average Bonchev–Trinajstić information content (AvgIpc) is 2.67. The van der Waals surface area contributed by atoms with Gasteiger partial charge >= 0.3 is 0 Å². The summed E-state index contributed by atoms with van der Waals surface area (Å²) < 4.78 is 5.18. The van der Waals surface area contributed by atoms with Crippen LogP contribution < -0.4 is 15.5 Å². The number of benzene rings is 2. The van der Waals surface area contributed by atoms with Crippen molar-refractivity contribution in [3.05, 3.63) is 54.6 Å². The van der Waals surface area contributed by atoms with Crippen LogP contribution in [0, 0.1) is 0 Å². The van der Waals surface area contributed by atoms with Gasteiger partial charge in [0.15, 0.2) is 0 Å². The lowest BCUT2D eigenvalue weighted by Gasteiger charge is -2.26. The molecular weight excluding hydrogens is 314 g/mol. The van der Waals surface area contributed by atoms with Gasteiger partial charge in [0.1, 0.15) is 12.8 Å². The quantitative estimate of drug-likeness (QED) is 0.937. The Labute approximate surface area is 142 Å². The lowest BCUT2D eigenvalue weighted by molar-refractivity contribution is -0.120. The van der Waals surface area contributed by atoms with Gasteiger partial charge in [0, 0.05) is 19.3 Å². The average molecular weight is 334 g/mol. The third-order valence-corrected chi connectivity index (χ3v) is 3.75. The third-order valence-electron chi connectivity index (χ3n) is 3.75. The van der Waals surface area contributed by atoms with E-state index in [2.05, 4.69) is 4.90 Å². The molecule has 0 aromatic heterocycles. The molecule has 1 aliphatic rings. The number of rotatable bonds is 3. The van der Waals surface area contributed by atoms with Crippen molar-refractivity contribution < 1.29 is 9.53 Å². The van der Waals surface area contributed by atoms with E-state index in [0.717, 1.165) is 17.1 Å². The van der Waals surface area contributed by atoms with Gasteiger partial charge in [-0.15, -0.1) is 12.4 Å². The van der Waals surface area contributed by atoms with Gasteiger partial charge in [-0.25, -0.2) is 0 Å². The minimum atomic E-state index is -0.609. The van der Waals surface area contributed by atoms with Crippen molar-refractivity contribution in [3.8, 4) is 0 Å². The van der Waals surface area contributed by atoms with Gasteiger partial charge < -0.3 is 15.4 Å². The highest BCUT2D eigenvalue weighted by atomic mass is 35.5. The number of ether oxygens (including phenoxy) is 1. The summed E-state index contributed by atoms with van der Waals surface area (Å²) in [5, 5.41) is 0. The first kappa shape index (κ1) is 17.3. The lowest BCUT2D eigenvalue weighted by atomic mass is 10.2. The zero-order chi connectivity index (χ0) is 15.5. The van der Waals surface area contributed by atoms with Gasteiger partial charge in [-0.05, 0) is 24.3 Å². The number of carbonyl (C=O) groups excluding carboxylic acids is 1. The fourth-order valence-corrected chi connectivity index (χ4v) is 2.73. The summed E-state index contributed by atoms with van der Waals surface area (Å²) in [7, 11) is 1.57. The van der Waals surface area contributed by atoms with Crippen molar-refractivity contribution in [2.24, 2.45) is 5.73 Å². The Morgan fingerprint density at radius 3 is 2.35 bits per heavy atom. The maximum Gasteiger partial charge on any atom is 0.247 e. The van der Waals surface area contributed by atoms with E-state index in [1.54, 1.807) is 12.0 Å². The molecule has 2 N–H and O–H groups in total. The minimum Gasteiger partial charge on any atom is -0.364 e. The van der Waals surface area contributed by atoms with E-state index < -0.39 is 6.04 Å². The first-order chi connectivity index (χ1) is 10.7. The lowest BCUT2D eigenvalue weighted by Crippen LogP contribution is -2.47. The van der Waals surface area contributed by atoms with Crippen LogP contribution in [0.2, 0.25) is 0 Å². The van der Waals surface area contributed by atoms with Crippen LogP contribution >= 0.6 is 12.4 Å². The monoisotopic (exact) mass is 333 g/mol.